The van der Waals surface area contributed by atoms with Gasteiger partial charge in [0, 0.05) is 17.2 Å². The minimum atomic E-state index is -0.314. The summed E-state index contributed by atoms with van der Waals surface area (Å²) >= 11 is 0. The molecule has 0 bridgehead atoms. The van der Waals surface area contributed by atoms with Crippen LogP contribution in [-0.2, 0) is 0 Å². The molecule has 2 N–H and O–H groups in total. The summed E-state index contributed by atoms with van der Waals surface area (Å²) in [7, 11) is 0. The number of allylic oxidation sites excluding steroid dienone is 1. The Morgan fingerprint density at radius 2 is 1.45 bits per heavy atom. The predicted octanol–water partition coefficient (Wildman–Crippen LogP) is 4.33. The van der Waals surface area contributed by atoms with Gasteiger partial charge in [0.15, 0.2) is 5.78 Å². The zero-order chi connectivity index (χ0) is 15.5. The van der Waals surface area contributed by atoms with E-state index >= 15 is 0 Å². The highest BCUT2D eigenvalue weighted by Gasteiger charge is 2.07. The molecular formula is C19H14O3. The van der Waals surface area contributed by atoms with Gasteiger partial charge in [0.05, 0.1) is 0 Å². The van der Waals surface area contributed by atoms with Crippen LogP contribution >= 0.6 is 0 Å². The molecule has 0 fully saturated rings. The zero-order valence-electron chi connectivity index (χ0n) is 11.7. The number of aromatic hydroxyl groups is 1. The molecule has 0 heterocycles. The number of ketones is 1. The molecule has 0 aliphatic rings. The first-order chi connectivity index (χ1) is 10.6. The lowest BCUT2D eigenvalue weighted by Crippen LogP contribution is -1.96. The van der Waals surface area contributed by atoms with Gasteiger partial charge in [-0.2, -0.15) is 0 Å². The number of aliphatic hydroxyl groups is 1. The van der Waals surface area contributed by atoms with E-state index in [1.54, 1.807) is 6.07 Å². The van der Waals surface area contributed by atoms with Gasteiger partial charge in [-0.05, 0) is 41.1 Å². The molecule has 3 heteroatoms. The highest BCUT2D eigenvalue weighted by atomic mass is 16.3. The number of phenolic OH excluding ortho intramolecular Hbond substituents is 1. The average Bonchev–Trinajstić information content (AvgIpc) is 2.55. The number of aliphatic hydroxyl groups excluding tert-OH is 1. The fraction of sp³-hybridized carbons (Fsp3) is 0. The molecule has 3 aromatic rings. The van der Waals surface area contributed by atoms with Gasteiger partial charge in [0.1, 0.15) is 11.5 Å². The van der Waals surface area contributed by atoms with Crippen LogP contribution < -0.4 is 0 Å². The third-order valence-electron chi connectivity index (χ3n) is 3.46. The summed E-state index contributed by atoms with van der Waals surface area (Å²) in [6.07, 6.45) is 1.19. The van der Waals surface area contributed by atoms with Crippen molar-refractivity contribution in [2.45, 2.75) is 0 Å². The molecule has 0 unspecified atom stereocenters. The molecule has 108 valence electrons. The molecule has 3 rings (SSSR count). The first kappa shape index (κ1) is 13.9. The van der Waals surface area contributed by atoms with Crippen LogP contribution in [0.1, 0.15) is 15.9 Å². The van der Waals surface area contributed by atoms with Crippen molar-refractivity contribution in [3.63, 3.8) is 0 Å². The Hall–Kier alpha value is -3.07. The van der Waals surface area contributed by atoms with Crippen molar-refractivity contribution >= 4 is 22.3 Å². The molecule has 3 nitrogen and oxygen atoms in total. The molecule has 0 aliphatic heterocycles. The van der Waals surface area contributed by atoms with Gasteiger partial charge in [-0.15, -0.1) is 0 Å². The molecule has 0 saturated carbocycles. The largest absolute Gasteiger partial charge is 0.508 e. The molecule has 0 saturated heterocycles. The van der Waals surface area contributed by atoms with Crippen molar-refractivity contribution in [2.75, 3.05) is 0 Å². The highest BCUT2D eigenvalue weighted by molar-refractivity contribution is 6.08. The van der Waals surface area contributed by atoms with Crippen LogP contribution in [0.4, 0.5) is 0 Å². The minimum absolute atomic E-state index is 0.0798. The SMILES string of the molecule is O=C(/C=C(\O)c1ccc2ccccc2c1)c1ccc(O)cc1. The van der Waals surface area contributed by atoms with Crippen molar-refractivity contribution in [1.29, 1.82) is 0 Å². The van der Waals surface area contributed by atoms with Gasteiger partial charge in [0.2, 0.25) is 0 Å². The summed E-state index contributed by atoms with van der Waals surface area (Å²) in [5.41, 5.74) is 0.996. The van der Waals surface area contributed by atoms with Crippen LogP contribution in [-0.4, -0.2) is 16.0 Å². The quantitative estimate of drug-likeness (QED) is 0.429. The number of rotatable bonds is 3. The second-order valence-electron chi connectivity index (χ2n) is 5.00. The van der Waals surface area contributed by atoms with E-state index in [0.29, 0.717) is 11.1 Å². The molecule has 0 radical (unpaired) electrons. The first-order valence-corrected chi connectivity index (χ1v) is 6.87. The van der Waals surface area contributed by atoms with Crippen LogP contribution in [0.25, 0.3) is 16.5 Å². The van der Waals surface area contributed by atoms with E-state index < -0.39 is 0 Å². The van der Waals surface area contributed by atoms with Crippen molar-refractivity contribution < 1.29 is 15.0 Å². The molecule has 0 spiro atoms. The monoisotopic (exact) mass is 290 g/mol. The number of hydrogen-bond acceptors (Lipinski definition) is 3. The van der Waals surface area contributed by atoms with E-state index in [-0.39, 0.29) is 17.3 Å². The smallest absolute Gasteiger partial charge is 0.189 e. The van der Waals surface area contributed by atoms with Gasteiger partial charge >= 0.3 is 0 Å². The molecular weight excluding hydrogens is 276 g/mol. The van der Waals surface area contributed by atoms with Gasteiger partial charge in [-0.3, -0.25) is 4.79 Å². The van der Waals surface area contributed by atoms with Crippen LogP contribution in [0.3, 0.4) is 0 Å². The minimum Gasteiger partial charge on any atom is -0.508 e. The topological polar surface area (TPSA) is 57.5 Å². The molecule has 0 amide bonds. The van der Waals surface area contributed by atoms with Gasteiger partial charge < -0.3 is 10.2 Å². The lowest BCUT2D eigenvalue weighted by molar-refractivity contribution is 0.104. The lowest BCUT2D eigenvalue weighted by Gasteiger charge is -2.03. The third kappa shape index (κ3) is 2.83. The van der Waals surface area contributed by atoms with E-state index in [1.165, 1.54) is 30.3 Å². The van der Waals surface area contributed by atoms with Crippen molar-refractivity contribution in [3.8, 4) is 5.75 Å². The summed E-state index contributed by atoms with van der Waals surface area (Å²) in [5.74, 6) is -0.297. The summed E-state index contributed by atoms with van der Waals surface area (Å²) in [6.45, 7) is 0. The molecule has 3 aromatic carbocycles. The zero-order valence-corrected chi connectivity index (χ0v) is 11.7. The highest BCUT2D eigenvalue weighted by Crippen LogP contribution is 2.20. The maximum atomic E-state index is 12.1. The van der Waals surface area contributed by atoms with Gasteiger partial charge in [-0.25, -0.2) is 0 Å². The van der Waals surface area contributed by atoms with Crippen molar-refractivity contribution in [3.05, 3.63) is 83.9 Å². The number of carbonyl (C=O) groups excluding carboxylic acids is 1. The maximum absolute atomic E-state index is 12.1. The molecule has 0 atom stereocenters. The predicted molar refractivity (Wildman–Crippen MR) is 87.0 cm³/mol. The maximum Gasteiger partial charge on any atom is 0.189 e. The third-order valence-corrected chi connectivity index (χ3v) is 3.46. The summed E-state index contributed by atoms with van der Waals surface area (Å²) in [4.78, 5) is 12.1. The summed E-state index contributed by atoms with van der Waals surface area (Å²) in [6, 6.07) is 19.2. The standard InChI is InChI=1S/C19H14O3/c20-17-9-7-14(8-10-17)18(21)12-19(22)16-6-5-13-3-1-2-4-15(13)11-16/h1-12,20,22H/b19-12-. The van der Waals surface area contributed by atoms with E-state index in [9.17, 15) is 15.0 Å². The lowest BCUT2D eigenvalue weighted by atomic mass is 10.0. The number of hydrogen-bond donors (Lipinski definition) is 2. The Balaban J connectivity index is 1.92. The number of carbonyl (C=O) groups is 1. The molecule has 0 aromatic heterocycles. The Morgan fingerprint density at radius 3 is 2.18 bits per heavy atom. The van der Waals surface area contributed by atoms with Gasteiger partial charge in [-0.1, -0.05) is 36.4 Å². The number of phenols is 1. The van der Waals surface area contributed by atoms with E-state index in [2.05, 4.69) is 0 Å². The Labute approximate surface area is 127 Å². The Kier molecular flexibility index (Phi) is 3.62. The normalized spacial score (nSPS) is 11.5. The van der Waals surface area contributed by atoms with Crippen molar-refractivity contribution in [2.24, 2.45) is 0 Å². The number of benzene rings is 3. The van der Waals surface area contributed by atoms with Crippen LogP contribution in [0.2, 0.25) is 0 Å². The van der Waals surface area contributed by atoms with E-state index in [0.717, 1.165) is 10.8 Å². The number of fused-ring (bicyclic) bond motifs is 1. The fourth-order valence-electron chi connectivity index (χ4n) is 2.27. The summed E-state index contributed by atoms with van der Waals surface area (Å²) in [5, 5.41) is 21.5. The fourth-order valence-corrected chi connectivity index (χ4v) is 2.27. The Morgan fingerprint density at radius 1 is 0.818 bits per heavy atom. The Bertz CT molecular complexity index is 861. The van der Waals surface area contributed by atoms with Crippen LogP contribution in [0, 0.1) is 0 Å². The van der Waals surface area contributed by atoms with Crippen LogP contribution in [0.15, 0.2) is 72.8 Å². The first-order valence-electron chi connectivity index (χ1n) is 6.87. The van der Waals surface area contributed by atoms with Crippen LogP contribution in [0.5, 0.6) is 5.75 Å². The molecule has 22 heavy (non-hydrogen) atoms. The molecule has 0 aliphatic carbocycles. The average molecular weight is 290 g/mol. The van der Waals surface area contributed by atoms with Gasteiger partial charge in [0.25, 0.3) is 0 Å². The van der Waals surface area contributed by atoms with E-state index in [4.69, 9.17) is 0 Å². The second kappa shape index (κ2) is 5.74. The van der Waals surface area contributed by atoms with E-state index in [1.807, 2.05) is 36.4 Å². The summed E-state index contributed by atoms with van der Waals surface area (Å²) < 4.78 is 0. The second-order valence-corrected chi connectivity index (χ2v) is 5.00. The van der Waals surface area contributed by atoms with Crippen molar-refractivity contribution in [1.82, 2.24) is 0 Å².